The molecule has 0 atom stereocenters. The number of benzene rings is 10. The lowest BCUT2D eigenvalue weighted by atomic mass is 9.91. The predicted molar refractivity (Wildman–Crippen MR) is 253 cm³/mol. The third-order valence-corrected chi connectivity index (χ3v) is 16.3. The molecule has 0 spiro atoms. The molecule has 10 aromatic carbocycles. The van der Waals surface area contributed by atoms with Crippen LogP contribution in [0.2, 0.25) is 13.1 Å². The van der Waals surface area contributed by atoms with Gasteiger partial charge in [0.1, 0.15) is 8.07 Å². The zero-order valence-corrected chi connectivity index (χ0v) is 33.9. The highest BCUT2D eigenvalue weighted by Crippen LogP contribution is 2.42. The second kappa shape index (κ2) is 12.9. The fourth-order valence-corrected chi connectivity index (χ4v) is 13.7. The topological polar surface area (TPSA) is 25.8 Å². The molecule has 0 amide bonds. The SMILES string of the molecule is C[Si]1(C)c2c(-c3ccccc3)nc(-c3cccc(-c4cccc(-c5ccc6c7ccccc7c7ccccc7c6c5)c4)c3)nc2-c2c1c1ccccc1c1ccccc21. The molecular weight excluding hydrogens is 729 g/mol. The van der Waals surface area contributed by atoms with Gasteiger partial charge >= 0.3 is 0 Å². The summed E-state index contributed by atoms with van der Waals surface area (Å²) in [4.78, 5) is 11.1. The second-order valence-electron chi connectivity index (χ2n) is 16.5. The van der Waals surface area contributed by atoms with Crippen LogP contribution in [0.15, 0.2) is 194 Å². The molecule has 0 bridgehead atoms. The molecule has 2 nitrogen and oxygen atoms in total. The summed E-state index contributed by atoms with van der Waals surface area (Å²) in [5.41, 5.74) is 10.3. The first-order valence-electron chi connectivity index (χ1n) is 20.5. The minimum atomic E-state index is -2.29. The van der Waals surface area contributed by atoms with Gasteiger partial charge in [-0.25, -0.2) is 9.97 Å². The zero-order chi connectivity index (χ0) is 39.2. The maximum atomic E-state index is 5.60. The van der Waals surface area contributed by atoms with Crippen molar-refractivity contribution in [2.75, 3.05) is 0 Å². The number of nitrogens with zero attached hydrogens (tertiary/aromatic N) is 2. The van der Waals surface area contributed by atoms with Gasteiger partial charge in [0, 0.05) is 16.7 Å². The van der Waals surface area contributed by atoms with E-state index in [2.05, 4.69) is 207 Å². The quantitative estimate of drug-likeness (QED) is 0.132. The van der Waals surface area contributed by atoms with E-state index in [9.17, 15) is 0 Å². The summed E-state index contributed by atoms with van der Waals surface area (Å²) in [5, 5.41) is 15.7. The molecule has 0 saturated carbocycles. The molecule has 1 aromatic heterocycles. The van der Waals surface area contributed by atoms with Crippen LogP contribution in [-0.4, -0.2) is 18.0 Å². The van der Waals surface area contributed by atoms with Crippen LogP contribution in [0.5, 0.6) is 0 Å². The summed E-state index contributed by atoms with van der Waals surface area (Å²) < 4.78 is 0. The molecule has 1 aliphatic heterocycles. The van der Waals surface area contributed by atoms with Crippen molar-refractivity contribution in [2.24, 2.45) is 0 Å². The highest BCUT2D eigenvalue weighted by atomic mass is 28.3. The molecule has 0 N–H and O–H groups in total. The van der Waals surface area contributed by atoms with Crippen molar-refractivity contribution in [1.82, 2.24) is 9.97 Å². The van der Waals surface area contributed by atoms with Gasteiger partial charge in [0.25, 0.3) is 0 Å². The van der Waals surface area contributed by atoms with Crippen LogP contribution in [0.1, 0.15) is 0 Å². The molecule has 276 valence electrons. The van der Waals surface area contributed by atoms with Crippen molar-refractivity contribution >= 4 is 72.3 Å². The third kappa shape index (κ3) is 5.11. The Bertz CT molecular complexity index is 3500. The average Bonchev–Trinajstić information content (AvgIpc) is 3.55. The van der Waals surface area contributed by atoms with Crippen LogP contribution in [0.25, 0.3) is 110 Å². The fourth-order valence-electron chi connectivity index (χ4n) is 10.1. The number of rotatable bonds is 4. The normalized spacial score (nSPS) is 13.1. The van der Waals surface area contributed by atoms with Crippen molar-refractivity contribution < 1.29 is 0 Å². The van der Waals surface area contributed by atoms with Crippen molar-refractivity contribution in [2.45, 2.75) is 13.1 Å². The van der Waals surface area contributed by atoms with Crippen molar-refractivity contribution in [3.8, 4) is 56.2 Å². The molecule has 0 fully saturated rings. The highest BCUT2D eigenvalue weighted by Gasteiger charge is 2.44. The van der Waals surface area contributed by atoms with Crippen LogP contribution < -0.4 is 10.4 Å². The number of aromatic nitrogens is 2. The van der Waals surface area contributed by atoms with Crippen LogP contribution in [0, 0.1) is 0 Å². The van der Waals surface area contributed by atoms with E-state index in [4.69, 9.17) is 9.97 Å². The van der Waals surface area contributed by atoms with Gasteiger partial charge in [0.15, 0.2) is 5.82 Å². The first kappa shape index (κ1) is 33.9. The summed E-state index contributed by atoms with van der Waals surface area (Å²) in [5.74, 6) is 0.754. The van der Waals surface area contributed by atoms with Gasteiger partial charge in [-0.2, -0.15) is 0 Å². The summed E-state index contributed by atoms with van der Waals surface area (Å²) in [6, 6.07) is 70.8. The Kier molecular flexibility index (Phi) is 7.41. The predicted octanol–water partition coefficient (Wildman–Crippen LogP) is 13.7. The van der Waals surface area contributed by atoms with Gasteiger partial charge in [-0.3, -0.25) is 0 Å². The van der Waals surface area contributed by atoms with Gasteiger partial charge in [0.2, 0.25) is 0 Å². The molecule has 0 unspecified atom stereocenters. The van der Waals surface area contributed by atoms with Crippen molar-refractivity contribution in [3.05, 3.63) is 194 Å². The Morgan fingerprint density at radius 1 is 0.288 bits per heavy atom. The molecule has 0 aliphatic carbocycles. The minimum absolute atomic E-state index is 0.754. The Morgan fingerprint density at radius 3 is 1.31 bits per heavy atom. The van der Waals surface area contributed by atoms with E-state index in [0.29, 0.717) is 0 Å². The fraction of sp³-hybridized carbons (Fsp3) is 0.0357. The van der Waals surface area contributed by atoms with Crippen LogP contribution >= 0.6 is 0 Å². The van der Waals surface area contributed by atoms with Gasteiger partial charge in [0.05, 0.1) is 11.4 Å². The maximum Gasteiger partial charge on any atom is 0.160 e. The average molecular weight is 767 g/mol. The Labute approximate surface area is 344 Å². The smallest absolute Gasteiger partial charge is 0.160 e. The first-order chi connectivity index (χ1) is 29.0. The maximum absolute atomic E-state index is 5.60. The molecule has 12 rings (SSSR count). The molecule has 3 heteroatoms. The van der Waals surface area contributed by atoms with E-state index >= 15 is 0 Å². The highest BCUT2D eigenvalue weighted by molar-refractivity contribution is 7.06. The number of fused-ring (bicyclic) bond motifs is 14. The van der Waals surface area contributed by atoms with E-state index < -0.39 is 8.07 Å². The van der Waals surface area contributed by atoms with E-state index in [0.717, 1.165) is 39.5 Å². The lowest BCUT2D eigenvalue weighted by Crippen LogP contribution is -2.50. The summed E-state index contributed by atoms with van der Waals surface area (Å²) >= 11 is 0. The van der Waals surface area contributed by atoms with Gasteiger partial charge in [-0.15, -0.1) is 0 Å². The van der Waals surface area contributed by atoms with E-state index in [1.54, 1.807) is 0 Å². The van der Waals surface area contributed by atoms with Gasteiger partial charge < -0.3 is 0 Å². The van der Waals surface area contributed by atoms with Crippen LogP contribution in [-0.2, 0) is 0 Å². The Hall–Kier alpha value is -7.20. The Morgan fingerprint density at radius 2 is 0.695 bits per heavy atom. The molecule has 1 aliphatic rings. The summed E-state index contributed by atoms with van der Waals surface area (Å²) in [7, 11) is -2.29. The monoisotopic (exact) mass is 766 g/mol. The Balaban J connectivity index is 1.02. The first-order valence-corrected chi connectivity index (χ1v) is 23.5. The van der Waals surface area contributed by atoms with Gasteiger partial charge in [-0.1, -0.05) is 189 Å². The zero-order valence-electron chi connectivity index (χ0n) is 32.9. The van der Waals surface area contributed by atoms with Crippen molar-refractivity contribution in [3.63, 3.8) is 0 Å². The summed E-state index contributed by atoms with van der Waals surface area (Å²) in [6.45, 7) is 4.98. The van der Waals surface area contributed by atoms with Crippen LogP contribution in [0.4, 0.5) is 0 Å². The third-order valence-electron chi connectivity index (χ3n) is 12.8. The van der Waals surface area contributed by atoms with Gasteiger partial charge in [-0.05, 0) is 105 Å². The minimum Gasteiger partial charge on any atom is -0.228 e. The van der Waals surface area contributed by atoms with E-state index in [1.807, 2.05) is 0 Å². The molecule has 2 heterocycles. The number of hydrogen-bond acceptors (Lipinski definition) is 2. The van der Waals surface area contributed by atoms with Crippen LogP contribution in [0.3, 0.4) is 0 Å². The van der Waals surface area contributed by atoms with Crippen molar-refractivity contribution in [1.29, 1.82) is 0 Å². The lowest BCUT2D eigenvalue weighted by Gasteiger charge is -2.23. The molecule has 11 aromatic rings. The lowest BCUT2D eigenvalue weighted by molar-refractivity contribution is 1.20. The second-order valence-corrected chi connectivity index (χ2v) is 20.7. The standard InChI is InChI=1S/C56H38N2Si/c1-59(2)54-49-29-13-11-26-45(49)44-25-10-12-28-48(44)51(54)53-55(59)52(35-16-4-3-5-17-35)57-56(58-53)40-21-15-20-38(33-40)36-18-14-19-37(32-36)39-30-31-47-43-24-7-6-22-41(43)42-23-8-9-27-46(42)50(47)34-39/h3-34H,1-2H3. The van der Waals surface area contributed by atoms with E-state index in [1.165, 1.54) is 80.9 Å². The summed E-state index contributed by atoms with van der Waals surface area (Å²) in [6.07, 6.45) is 0. The molecule has 0 radical (unpaired) electrons. The molecule has 59 heavy (non-hydrogen) atoms. The number of hydrogen-bond donors (Lipinski definition) is 0. The molecule has 0 saturated heterocycles. The van der Waals surface area contributed by atoms with E-state index in [-0.39, 0.29) is 0 Å². The molecular formula is C56H38N2Si. The largest absolute Gasteiger partial charge is 0.228 e.